The topological polar surface area (TPSA) is 9.23 Å². The summed E-state index contributed by atoms with van der Waals surface area (Å²) < 4.78 is 6.53. The van der Waals surface area contributed by atoms with Gasteiger partial charge in [0.25, 0.3) is 0 Å². The fraction of sp³-hybridized carbons (Fsp3) is 0.273. The van der Waals surface area contributed by atoms with Gasteiger partial charge in [0, 0.05) is 4.47 Å². The Hall–Kier alpha value is -0.600. The van der Waals surface area contributed by atoms with Crippen LogP contribution in [0.2, 0.25) is 0 Å². The summed E-state index contributed by atoms with van der Waals surface area (Å²) in [6.45, 7) is 3.32. The first-order valence-electron chi connectivity index (χ1n) is 4.27. The monoisotopic (exact) mass is 240 g/mol. The summed E-state index contributed by atoms with van der Waals surface area (Å²) in [5, 5.41) is 0. The van der Waals surface area contributed by atoms with Gasteiger partial charge in [-0.05, 0) is 18.6 Å². The maximum absolute atomic E-state index is 5.42. The minimum absolute atomic E-state index is 0.658. The van der Waals surface area contributed by atoms with E-state index in [1.165, 1.54) is 5.56 Å². The van der Waals surface area contributed by atoms with Crippen molar-refractivity contribution in [1.29, 1.82) is 0 Å². The molecule has 0 aliphatic rings. The maximum Gasteiger partial charge on any atom is 0.0732 e. The molecule has 0 N–H and O–H groups in total. The van der Waals surface area contributed by atoms with Crippen LogP contribution < -0.4 is 0 Å². The zero-order valence-corrected chi connectivity index (χ0v) is 9.25. The second-order valence-electron chi connectivity index (χ2n) is 2.68. The Balaban J connectivity index is 2.41. The summed E-state index contributed by atoms with van der Waals surface area (Å²) in [7, 11) is 0. The first kappa shape index (κ1) is 10.5. The quantitative estimate of drug-likeness (QED) is 0.578. The summed E-state index contributed by atoms with van der Waals surface area (Å²) in [5.74, 6) is 0. The van der Waals surface area contributed by atoms with Crippen LogP contribution in [-0.2, 0) is 11.3 Å². The van der Waals surface area contributed by atoms with Crippen molar-refractivity contribution < 1.29 is 4.74 Å². The van der Waals surface area contributed by atoms with Gasteiger partial charge in [-0.25, -0.2) is 0 Å². The molecule has 0 unspecified atom stereocenters. The standard InChI is InChI=1S/C11H13BrO/c1-2-3-8-13-9-10-6-4-5-7-11(10)12/h2-7H,8-9H2,1H3. The van der Waals surface area contributed by atoms with Crippen LogP contribution in [0.4, 0.5) is 0 Å². The van der Waals surface area contributed by atoms with Crippen molar-refractivity contribution in [2.45, 2.75) is 13.5 Å². The highest BCUT2D eigenvalue weighted by Gasteiger charge is 1.96. The Labute approximate surface area is 87.5 Å². The molecule has 1 aromatic carbocycles. The third-order valence-corrected chi connectivity index (χ3v) is 2.44. The molecule has 0 bridgehead atoms. The number of ether oxygens (including phenoxy) is 1. The highest BCUT2D eigenvalue weighted by molar-refractivity contribution is 9.10. The molecule has 0 aliphatic heterocycles. The number of hydrogen-bond acceptors (Lipinski definition) is 1. The van der Waals surface area contributed by atoms with Gasteiger partial charge in [0.1, 0.15) is 0 Å². The lowest BCUT2D eigenvalue weighted by molar-refractivity contribution is 0.148. The Morgan fingerprint density at radius 1 is 1.38 bits per heavy atom. The third kappa shape index (κ3) is 3.75. The molecule has 0 atom stereocenters. The fourth-order valence-electron chi connectivity index (χ4n) is 0.949. The smallest absolute Gasteiger partial charge is 0.0732 e. The number of benzene rings is 1. The first-order valence-corrected chi connectivity index (χ1v) is 5.06. The fourth-order valence-corrected chi connectivity index (χ4v) is 1.35. The van der Waals surface area contributed by atoms with Crippen molar-refractivity contribution in [3.8, 4) is 0 Å². The van der Waals surface area contributed by atoms with E-state index in [4.69, 9.17) is 4.74 Å². The molecule has 1 aromatic rings. The van der Waals surface area contributed by atoms with Crippen LogP contribution in [0.1, 0.15) is 12.5 Å². The number of hydrogen-bond donors (Lipinski definition) is 0. The van der Waals surface area contributed by atoms with Crippen molar-refractivity contribution >= 4 is 15.9 Å². The average Bonchev–Trinajstić information content (AvgIpc) is 2.15. The summed E-state index contributed by atoms with van der Waals surface area (Å²) >= 11 is 3.47. The van der Waals surface area contributed by atoms with Gasteiger partial charge in [0.2, 0.25) is 0 Å². The molecule has 2 heteroatoms. The van der Waals surface area contributed by atoms with Gasteiger partial charge in [0.05, 0.1) is 13.2 Å². The Bertz CT molecular complexity index is 281. The summed E-state index contributed by atoms with van der Waals surface area (Å²) in [6.07, 6.45) is 3.98. The van der Waals surface area contributed by atoms with E-state index in [9.17, 15) is 0 Å². The molecule has 0 heterocycles. The van der Waals surface area contributed by atoms with Crippen molar-refractivity contribution in [2.24, 2.45) is 0 Å². The second-order valence-corrected chi connectivity index (χ2v) is 3.53. The van der Waals surface area contributed by atoms with E-state index in [1.807, 2.05) is 37.3 Å². The average molecular weight is 241 g/mol. The van der Waals surface area contributed by atoms with Gasteiger partial charge in [-0.2, -0.15) is 0 Å². The summed E-state index contributed by atoms with van der Waals surface area (Å²) in [6, 6.07) is 8.09. The van der Waals surface area contributed by atoms with Crippen LogP contribution in [0.5, 0.6) is 0 Å². The zero-order chi connectivity index (χ0) is 9.52. The van der Waals surface area contributed by atoms with E-state index >= 15 is 0 Å². The van der Waals surface area contributed by atoms with Gasteiger partial charge in [-0.1, -0.05) is 46.3 Å². The highest BCUT2D eigenvalue weighted by atomic mass is 79.9. The lowest BCUT2D eigenvalue weighted by Crippen LogP contribution is -1.93. The van der Waals surface area contributed by atoms with Crippen LogP contribution in [-0.4, -0.2) is 6.61 Å². The molecule has 70 valence electrons. The minimum atomic E-state index is 0.658. The predicted octanol–water partition coefficient (Wildman–Crippen LogP) is 3.54. The lowest BCUT2D eigenvalue weighted by atomic mass is 10.2. The normalized spacial score (nSPS) is 10.9. The maximum atomic E-state index is 5.42. The van der Waals surface area contributed by atoms with Crippen molar-refractivity contribution in [2.75, 3.05) is 6.61 Å². The van der Waals surface area contributed by atoms with Crippen LogP contribution >= 0.6 is 15.9 Å². The summed E-state index contributed by atoms with van der Waals surface area (Å²) in [4.78, 5) is 0. The molecule has 1 nitrogen and oxygen atoms in total. The second kappa shape index (κ2) is 5.95. The van der Waals surface area contributed by atoms with E-state index in [-0.39, 0.29) is 0 Å². The van der Waals surface area contributed by atoms with Crippen molar-refractivity contribution in [1.82, 2.24) is 0 Å². The molecule has 0 saturated heterocycles. The number of halogens is 1. The van der Waals surface area contributed by atoms with E-state index in [1.54, 1.807) is 0 Å². The molecule has 0 radical (unpaired) electrons. The molecule has 0 amide bonds. The van der Waals surface area contributed by atoms with E-state index in [2.05, 4.69) is 22.0 Å². The van der Waals surface area contributed by atoms with Gasteiger partial charge in [-0.15, -0.1) is 0 Å². The molecule has 0 fully saturated rings. The van der Waals surface area contributed by atoms with Crippen LogP contribution in [0.15, 0.2) is 40.9 Å². The highest BCUT2D eigenvalue weighted by Crippen LogP contribution is 2.16. The van der Waals surface area contributed by atoms with Crippen molar-refractivity contribution in [3.05, 3.63) is 46.5 Å². The predicted molar refractivity (Wildman–Crippen MR) is 58.6 cm³/mol. The lowest BCUT2D eigenvalue weighted by Gasteiger charge is -2.03. The van der Waals surface area contributed by atoms with Crippen molar-refractivity contribution in [3.63, 3.8) is 0 Å². The number of rotatable bonds is 4. The molecule has 13 heavy (non-hydrogen) atoms. The van der Waals surface area contributed by atoms with E-state index < -0.39 is 0 Å². The SMILES string of the molecule is CC=CCOCc1ccccc1Br. The van der Waals surface area contributed by atoms with Crippen LogP contribution in [0.25, 0.3) is 0 Å². The third-order valence-electron chi connectivity index (χ3n) is 1.67. The van der Waals surface area contributed by atoms with Crippen LogP contribution in [0, 0.1) is 0 Å². The molecule has 1 rings (SSSR count). The first-order chi connectivity index (χ1) is 6.34. The minimum Gasteiger partial charge on any atom is -0.373 e. The number of allylic oxidation sites excluding steroid dienone is 1. The Morgan fingerprint density at radius 2 is 2.15 bits per heavy atom. The van der Waals surface area contributed by atoms with E-state index in [0.29, 0.717) is 13.2 Å². The molecular formula is C11H13BrO. The largest absolute Gasteiger partial charge is 0.373 e. The molecule has 0 saturated carbocycles. The van der Waals surface area contributed by atoms with Gasteiger partial charge < -0.3 is 4.74 Å². The van der Waals surface area contributed by atoms with Crippen LogP contribution in [0.3, 0.4) is 0 Å². The Morgan fingerprint density at radius 3 is 2.85 bits per heavy atom. The Kier molecular flexibility index (Phi) is 4.79. The van der Waals surface area contributed by atoms with E-state index in [0.717, 1.165) is 4.47 Å². The molecule has 0 aliphatic carbocycles. The van der Waals surface area contributed by atoms with Gasteiger partial charge >= 0.3 is 0 Å². The molecule has 0 spiro atoms. The molecular weight excluding hydrogens is 228 g/mol. The van der Waals surface area contributed by atoms with Gasteiger partial charge in [0.15, 0.2) is 0 Å². The summed E-state index contributed by atoms with van der Waals surface area (Å²) in [5.41, 5.74) is 1.19. The van der Waals surface area contributed by atoms with Gasteiger partial charge in [-0.3, -0.25) is 0 Å². The zero-order valence-electron chi connectivity index (χ0n) is 7.66. The molecule has 0 aromatic heterocycles.